The lowest BCUT2D eigenvalue weighted by Gasteiger charge is -2.18. The minimum Gasteiger partial charge on any atom is -0.497 e. The molecular formula is C18H16F3NO2. The van der Waals surface area contributed by atoms with Crippen LogP contribution in [-0.2, 0) is 4.79 Å². The van der Waals surface area contributed by atoms with E-state index in [0.29, 0.717) is 11.4 Å². The molecule has 2 aromatic carbocycles. The number of alkyl halides is 3. The van der Waals surface area contributed by atoms with Crippen molar-refractivity contribution in [3.8, 4) is 5.75 Å². The Bertz CT molecular complexity index is 722. The quantitative estimate of drug-likeness (QED) is 0.763. The van der Waals surface area contributed by atoms with Gasteiger partial charge in [0.15, 0.2) is 0 Å². The Morgan fingerprint density at radius 2 is 1.62 bits per heavy atom. The molecule has 0 unspecified atom stereocenters. The molecule has 0 saturated heterocycles. The van der Waals surface area contributed by atoms with Crippen molar-refractivity contribution in [2.45, 2.75) is 6.18 Å². The number of allylic oxidation sites excluding steroid dienone is 1. The molecule has 3 nitrogen and oxygen atoms in total. The summed E-state index contributed by atoms with van der Waals surface area (Å²) in [5, 5.41) is 0. The molecule has 24 heavy (non-hydrogen) atoms. The highest BCUT2D eigenvalue weighted by atomic mass is 19.4. The van der Waals surface area contributed by atoms with Crippen molar-refractivity contribution in [2.75, 3.05) is 19.1 Å². The first-order valence-electron chi connectivity index (χ1n) is 7.08. The van der Waals surface area contributed by atoms with Gasteiger partial charge >= 0.3 is 6.18 Å². The van der Waals surface area contributed by atoms with E-state index in [4.69, 9.17) is 4.74 Å². The third-order valence-electron chi connectivity index (χ3n) is 3.39. The second kappa shape index (κ2) is 7.21. The highest BCUT2D eigenvalue weighted by Gasteiger charge is 2.41. The molecule has 0 spiro atoms. The molecule has 0 aromatic heterocycles. The summed E-state index contributed by atoms with van der Waals surface area (Å²) in [4.78, 5) is 13.3. The number of ether oxygens (including phenoxy) is 1. The Balaban J connectivity index is 2.41. The summed E-state index contributed by atoms with van der Waals surface area (Å²) in [6.07, 6.45) is -3.75. The minimum atomic E-state index is -4.94. The summed E-state index contributed by atoms with van der Waals surface area (Å²) in [5.74, 6) is -1.25. The fourth-order valence-corrected chi connectivity index (χ4v) is 2.12. The summed E-state index contributed by atoms with van der Waals surface area (Å²) in [5.41, 5.74) is 0.417. The predicted octanol–water partition coefficient (Wildman–Crippen LogP) is 4.30. The van der Waals surface area contributed by atoms with Crippen LogP contribution in [0.4, 0.5) is 18.9 Å². The van der Waals surface area contributed by atoms with Gasteiger partial charge in [-0.05, 0) is 29.8 Å². The number of hydrogen-bond donors (Lipinski definition) is 0. The van der Waals surface area contributed by atoms with Crippen molar-refractivity contribution >= 4 is 17.0 Å². The van der Waals surface area contributed by atoms with E-state index in [-0.39, 0.29) is 5.56 Å². The van der Waals surface area contributed by atoms with Crippen LogP contribution >= 0.6 is 0 Å². The number of nitrogens with zero attached hydrogens (tertiary/aromatic N) is 1. The molecule has 2 rings (SSSR count). The van der Waals surface area contributed by atoms with Gasteiger partial charge in [-0.15, -0.1) is 0 Å². The van der Waals surface area contributed by atoms with Crippen LogP contribution in [0.15, 0.2) is 60.8 Å². The number of ketones is 1. The van der Waals surface area contributed by atoms with E-state index in [9.17, 15) is 18.0 Å². The normalized spacial score (nSPS) is 12.0. The fraction of sp³-hybridized carbons (Fsp3) is 0.167. The van der Waals surface area contributed by atoms with Crippen molar-refractivity contribution in [2.24, 2.45) is 0 Å². The number of rotatable bonds is 5. The third-order valence-corrected chi connectivity index (χ3v) is 3.39. The summed E-state index contributed by atoms with van der Waals surface area (Å²) in [6, 6.07) is 14.5. The zero-order valence-electron chi connectivity index (χ0n) is 13.2. The van der Waals surface area contributed by atoms with Crippen molar-refractivity contribution in [1.29, 1.82) is 0 Å². The zero-order valence-corrected chi connectivity index (χ0v) is 13.2. The van der Waals surface area contributed by atoms with Crippen molar-refractivity contribution in [3.63, 3.8) is 0 Å². The van der Waals surface area contributed by atoms with Crippen molar-refractivity contribution in [3.05, 3.63) is 66.4 Å². The summed E-state index contributed by atoms with van der Waals surface area (Å²) in [7, 11) is 3.10. The number of carbonyl (C=O) groups is 1. The molecule has 0 heterocycles. The molecule has 0 aliphatic rings. The molecule has 0 fully saturated rings. The van der Waals surface area contributed by atoms with Crippen molar-refractivity contribution in [1.82, 2.24) is 0 Å². The lowest BCUT2D eigenvalue weighted by Crippen LogP contribution is -2.25. The van der Waals surface area contributed by atoms with E-state index in [1.165, 1.54) is 30.3 Å². The Morgan fingerprint density at radius 3 is 2.12 bits per heavy atom. The molecule has 0 N–H and O–H groups in total. The molecular weight excluding hydrogens is 319 g/mol. The van der Waals surface area contributed by atoms with Gasteiger partial charge in [0.25, 0.3) is 5.78 Å². The summed E-state index contributed by atoms with van der Waals surface area (Å²) in [6.45, 7) is 0. The molecule has 0 aliphatic heterocycles. The van der Waals surface area contributed by atoms with Gasteiger partial charge in [0.2, 0.25) is 0 Å². The highest BCUT2D eigenvalue weighted by Crippen LogP contribution is 2.28. The first kappa shape index (κ1) is 17.6. The summed E-state index contributed by atoms with van der Waals surface area (Å²) < 4.78 is 43.8. The van der Waals surface area contributed by atoms with Gasteiger partial charge in [-0.2, -0.15) is 13.2 Å². The number of carbonyl (C=O) groups excluding carboxylic acids is 1. The number of methoxy groups -OCH3 is 1. The van der Waals surface area contributed by atoms with E-state index in [1.54, 1.807) is 49.5 Å². The van der Waals surface area contributed by atoms with Gasteiger partial charge in [0.05, 0.1) is 12.7 Å². The molecule has 0 amide bonds. The average Bonchev–Trinajstić information content (AvgIpc) is 2.59. The summed E-state index contributed by atoms with van der Waals surface area (Å²) >= 11 is 0. The number of halogens is 3. The van der Waals surface area contributed by atoms with Crippen LogP contribution in [0.2, 0.25) is 0 Å². The van der Waals surface area contributed by atoms with Gasteiger partial charge in [-0.1, -0.05) is 30.3 Å². The lowest BCUT2D eigenvalue weighted by atomic mass is 10.0. The monoisotopic (exact) mass is 335 g/mol. The zero-order chi connectivity index (χ0) is 17.7. The van der Waals surface area contributed by atoms with Gasteiger partial charge in [-0.3, -0.25) is 4.79 Å². The van der Waals surface area contributed by atoms with Crippen LogP contribution in [0, 0.1) is 0 Å². The highest BCUT2D eigenvalue weighted by molar-refractivity contribution is 6.23. The lowest BCUT2D eigenvalue weighted by molar-refractivity contribution is -0.164. The van der Waals surface area contributed by atoms with Gasteiger partial charge in [0, 0.05) is 18.9 Å². The molecule has 0 aliphatic carbocycles. The van der Waals surface area contributed by atoms with E-state index < -0.39 is 17.5 Å². The first-order chi connectivity index (χ1) is 11.3. The molecule has 2 aromatic rings. The van der Waals surface area contributed by atoms with Crippen LogP contribution in [-0.4, -0.2) is 26.1 Å². The largest absolute Gasteiger partial charge is 0.497 e. The standard InChI is InChI=1S/C18H16F3NO2/c1-22(14-8-10-15(24-2)11-9-14)12-16(17(23)18(19,20)21)13-6-4-3-5-7-13/h3-12H,1-2H3/b16-12-. The van der Waals surface area contributed by atoms with E-state index in [2.05, 4.69) is 0 Å². The van der Waals surface area contributed by atoms with Gasteiger partial charge < -0.3 is 9.64 Å². The number of Topliss-reactive ketones (excluding diaryl/α,β-unsaturated/α-hetero) is 1. The van der Waals surface area contributed by atoms with Crippen LogP contribution in [0.25, 0.3) is 5.57 Å². The maximum atomic E-state index is 12.9. The van der Waals surface area contributed by atoms with Gasteiger partial charge in [0.1, 0.15) is 5.75 Å². The van der Waals surface area contributed by atoms with Crippen LogP contribution in [0.5, 0.6) is 5.75 Å². The maximum Gasteiger partial charge on any atom is 0.454 e. The Hall–Kier alpha value is -2.76. The van der Waals surface area contributed by atoms with Crippen LogP contribution < -0.4 is 9.64 Å². The second-order valence-corrected chi connectivity index (χ2v) is 5.04. The minimum absolute atomic E-state index is 0.209. The van der Waals surface area contributed by atoms with Crippen molar-refractivity contribution < 1.29 is 22.7 Å². The fourth-order valence-electron chi connectivity index (χ4n) is 2.12. The Kier molecular flexibility index (Phi) is 5.28. The smallest absolute Gasteiger partial charge is 0.454 e. The number of benzene rings is 2. The Morgan fingerprint density at radius 1 is 1.04 bits per heavy atom. The predicted molar refractivity (Wildman–Crippen MR) is 86.9 cm³/mol. The van der Waals surface area contributed by atoms with Crippen LogP contribution in [0.3, 0.4) is 0 Å². The van der Waals surface area contributed by atoms with Crippen LogP contribution in [0.1, 0.15) is 5.56 Å². The molecule has 6 heteroatoms. The van der Waals surface area contributed by atoms with E-state index in [0.717, 1.165) is 0 Å². The maximum absolute atomic E-state index is 12.9. The number of hydrogen-bond acceptors (Lipinski definition) is 3. The topological polar surface area (TPSA) is 29.5 Å². The molecule has 126 valence electrons. The van der Waals surface area contributed by atoms with Gasteiger partial charge in [-0.25, -0.2) is 0 Å². The molecule has 0 bridgehead atoms. The number of anilines is 1. The Labute approximate surface area is 138 Å². The molecule has 0 radical (unpaired) electrons. The first-order valence-corrected chi connectivity index (χ1v) is 7.08. The third kappa shape index (κ3) is 4.16. The average molecular weight is 335 g/mol. The van der Waals surface area contributed by atoms with E-state index in [1.807, 2.05) is 0 Å². The van der Waals surface area contributed by atoms with E-state index >= 15 is 0 Å². The SMILES string of the molecule is COc1ccc(N(C)/C=C(\C(=O)C(F)(F)F)c2ccccc2)cc1. The molecule has 0 saturated carbocycles. The molecule has 0 atom stereocenters. The second-order valence-electron chi connectivity index (χ2n) is 5.04.